The summed E-state index contributed by atoms with van der Waals surface area (Å²) in [4.78, 5) is 54.6. The minimum atomic E-state index is -4.64. The number of esters is 1. The Morgan fingerprint density at radius 3 is 2.12 bits per heavy atom. The predicted molar refractivity (Wildman–Crippen MR) is 143 cm³/mol. The number of para-hydroxylation sites is 1. The van der Waals surface area contributed by atoms with Crippen molar-refractivity contribution < 1.29 is 52.0 Å². The summed E-state index contributed by atoms with van der Waals surface area (Å²) < 4.78 is 48.6. The molecule has 1 unspecified atom stereocenters. The first-order chi connectivity index (χ1) is 20.0. The van der Waals surface area contributed by atoms with Gasteiger partial charge < -0.3 is 20.3 Å². The molecule has 3 aromatic carbocycles. The van der Waals surface area contributed by atoms with Crippen LogP contribution in [0.25, 0.3) is 0 Å². The van der Waals surface area contributed by atoms with E-state index in [9.17, 15) is 52.9 Å². The molecule has 13 nitrogen and oxygen atoms in total. The summed E-state index contributed by atoms with van der Waals surface area (Å²) in [5, 5.41) is 30.8. The first kappa shape index (κ1) is 34.0. The van der Waals surface area contributed by atoms with Crippen LogP contribution in [0.2, 0.25) is 5.02 Å². The molecule has 0 heterocycles. The molecule has 3 aromatic rings. The number of hydrogen-bond donors (Lipinski definition) is 2. The monoisotopic (exact) mass is 627 g/mol. The summed E-state index contributed by atoms with van der Waals surface area (Å²) in [5.41, 5.74) is 1.63. The maximum absolute atomic E-state index is 12.8. The molecule has 3 N–H and O–H groups in total. The number of aromatic carboxylic acids is 1. The van der Waals surface area contributed by atoms with Gasteiger partial charge in [-0.15, -0.1) is 0 Å². The third kappa shape index (κ3) is 8.62. The number of carboxylic acids is 1. The number of nitrogens with zero attached hydrogens (tertiary/aromatic N) is 2. The van der Waals surface area contributed by atoms with Crippen molar-refractivity contribution in [2.45, 2.75) is 25.9 Å². The quantitative estimate of drug-likeness (QED) is 0.158. The van der Waals surface area contributed by atoms with E-state index in [4.69, 9.17) is 26.8 Å². The van der Waals surface area contributed by atoms with Gasteiger partial charge in [0.25, 0.3) is 17.3 Å². The fraction of sp³-hybridized carbons (Fsp3) is 0.192. The van der Waals surface area contributed by atoms with Crippen molar-refractivity contribution in [3.8, 4) is 11.5 Å². The number of carbonyl (C=O) groups is 3. The summed E-state index contributed by atoms with van der Waals surface area (Å²) in [5.74, 6) is -5.07. The van der Waals surface area contributed by atoms with Crippen molar-refractivity contribution in [1.82, 2.24) is 0 Å². The second-order valence-corrected chi connectivity index (χ2v) is 8.74. The lowest BCUT2D eigenvalue weighted by molar-refractivity contribution is -0.386. The number of hydrogen-bond acceptors (Lipinski definition) is 9. The number of carbonyl (C=O) groups excluding carboxylic acids is 2. The summed E-state index contributed by atoms with van der Waals surface area (Å²) in [7, 11) is 0. The Hall–Kier alpha value is -5.25. The molecule has 1 amide bonds. The Bertz CT molecular complexity index is 1550. The van der Waals surface area contributed by atoms with Gasteiger partial charge in [0.15, 0.2) is 0 Å². The molecule has 1 atom stereocenters. The average Bonchev–Trinajstić information content (AvgIpc) is 2.92. The van der Waals surface area contributed by atoms with Gasteiger partial charge in [0, 0.05) is 17.7 Å². The lowest BCUT2D eigenvalue weighted by Gasteiger charge is -2.16. The van der Waals surface area contributed by atoms with Gasteiger partial charge in [0.05, 0.1) is 33.0 Å². The number of alkyl halides is 3. The zero-order valence-electron chi connectivity index (χ0n) is 22.1. The minimum absolute atomic E-state index is 0.0138. The number of nitrogens with two attached hydrogens (primary N) is 1. The van der Waals surface area contributed by atoms with E-state index < -0.39 is 61.6 Å². The zero-order valence-corrected chi connectivity index (χ0v) is 22.8. The highest BCUT2D eigenvalue weighted by atomic mass is 35.5. The standard InChI is InChI=1S/C19H15ClF3NO7.C7H6N2O3/c1-3-30-18(27)9(2)12-7-11(8-13(17(25)26)16(12)24(28)29)31-15-5-4-10(6-14(15)20)19(21,22)23;8-7(10)5-3-1-2-4-6(5)9(11)12/h4-9H,3H2,1-2H3,(H,25,26);1-4H,(H2,8,10). The highest BCUT2D eigenvalue weighted by molar-refractivity contribution is 6.32. The molecular weight excluding hydrogens is 607 g/mol. The molecule has 0 spiro atoms. The van der Waals surface area contributed by atoms with Crippen molar-refractivity contribution in [2.75, 3.05) is 6.61 Å². The third-order valence-electron chi connectivity index (χ3n) is 5.49. The van der Waals surface area contributed by atoms with Crippen molar-refractivity contribution in [3.05, 3.63) is 102 Å². The van der Waals surface area contributed by atoms with Crippen LogP contribution in [0, 0.1) is 20.2 Å². The smallest absolute Gasteiger partial charge is 0.416 e. The molecule has 0 saturated heterocycles. The normalized spacial score (nSPS) is 11.4. The van der Waals surface area contributed by atoms with Crippen LogP contribution in [0.4, 0.5) is 24.5 Å². The van der Waals surface area contributed by atoms with E-state index in [2.05, 4.69) is 0 Å². The number of amides is 1. The zero-order chi connectivity index (χ0) is 32.6. The molecular formula is C26H21ClF3N3O10. The van der Waals surface area contributed by atoms with Gasteiger partial charge in [0.2, 0.25) is 0 Å². The Morgan fingerprint density at radius 1 is 1.02 bits per heavy atom. The van der Waals surface area contributed by atoms with Gasteiger partial charge in [-0.1, -0.05) is 23.7 Å². The van der Waals surface area contributed by atoms with Crippen molar-refractivity contribution >= 4 is 40.8 Å². The molecule has 0 aliphatic heterocycles. The van der Waals surface area contributed by atoms with Gasteiger partial charge in [-0.2, -0.15) is 13.2 Å². The number of ether oxygens (including phenoxy) is 2. The number of carboxylic acid groups (broad SMARTS) is 1. The van der Waals surface area contributed by atoms with Crippen LogP contribution < -0.4 is 10.5 Å². The highest BCUT2D eigenvalue weighted by Crippen LogP contribution is 2.40. The lowest BCUT2D eigenvalue weighted by Crippen LogP contribution is -2.16. The number of halogens is 4. The first-order valence-corrected chi connectivity index (χ1v) is 12.2. The van der Waals surface area contributed by atoms with E-state index in [0.717, 1.165) is 18.2 Å². The molecule has 0 radical (unpaired) electrons. The van der Waals surface area contributed by atoms with Crippen LogP contribution in [0.15, 0.2) is 54.6 Å². The van der Waals surface area contributed by atoms with Gasteiger partial charge >= 0.3 is 18.1 Å². The van der Waals surface area contributed by atoms with E-state index in [0.29, 0.717) is 12.1 Å². The number of primary amides is 1. The second-order valence-electron chi connectivity index (χ2n) is 8.33. The van der Waals surface area contributed by atoms with Crippen molar-refractivity contribution in [1.29, 1.82) is 0 Å². The van der Waals surface area contributed by atoms with Crippen LogP contribution in [0.1, 0.15) is 51.6 Å². The molecule has 17 heteroatoms. The fourth-order valence-electron chi connectivity index (χ4n) is 3.51. The van der Waals surface area contributed by atoms with Crippen LogP contribution in [0.5, 0.6) is 11.5 Å². The molecule has 228 valence electrons. The van der Waals surface area contributed by atoms with Crippen LogP contribution in [-0.2, 0) is 15.7 Å². The van der Waals surface area contributed by atoms with Gasteiger partial charge in [-0.3, -0.25) is 29.8 Å². The number of nitro benzene ring substituents is 2. The maximum Gasteiger partial charge on any atom is 0.416 e. The van der Waals surface area contributed by atoms with E-state index in [-0.39, 0.29) is 34.9 Å². The molecule has 43 heavy (non-hydrogen) atoms. The summed E-state index contributed by atoms with van der Waals surface area (Å²) in [6, 6.07) is 9.64. The van der Waals surface area contributed by atoms with Crippen LogP contribution >= 0.6 is 11.6 Å². The molecule has 0 aliphatic rings. The number of benzene rings is 3. The number of nitro groups is 2. The van der Waals surface area contributed by atoms with E-state index in [1.807, 2.05) is 0 Å². The van der Waals surface area contributed by atoms with E-state index in [1.165, 1.54) is 38.1 Å². The summed E-state index contributed by atoms with van der Waals surface area (Å²) in [6.07, 6.45) is -4.64. The minimum Gasteiger partial charge on any atom is -0.477 e. The summed E-state index contributed by atoms with van der Waals surface area (Å²) in [6.45, 7) is 2.79. The maximum atomic E-state index is 12.8. The molecule has 3 rings (SSSR count). The Labute approximate surface area is 244 Å². The SMILES string of the molecule is CCOC(=O)C(C)c1cc(Oc2ccc(C(F)(F)F)cc2Cl)cc(C(=O)O)c1[N+](=O)[O-].NC(=O)c1ccccc1[N+](=O)[O-]. The molecule has 0 aliphatic carbocycles. The average molecular weight is 628 g/mol. The van der Waals surface area contributed by atoms with Gasteiger partial charge in [0.1, 0.15) is 22.6 Å². The number of rotatable bonds is 9. The molecule has 0 fully saturated rings. The Morgan fingerprint density at radius 2 is 1.65 bits per heavy atom. The van der Waals surface area contributed by atoms with Gasteiger partial charge in [-0.05, 0) is 44.2 Å². The Kier molecular flexibility index (Phi) is 11.1. The summed E-state index contributed by atoms with van der Waals surface area (Å²) >= 11 is 5.84. The molecule has 0 aromatic heterocycles. The van der Waals surface area contributed by atoms with E-state index in [1.54, 1.807) is 0 Å². The largest absolute Gasteiger partial charge is 0.477 e. The fourth-order valence-corrected chi connectivity index (χ4v) is 3.73. The van der Waals surface area contributed by atoms with Crippen LogP contribution in [-0.4, -0.2) is 39.4 Å². The molecule has 0 saturated carbocycles. The van der Waals surface area contributed by atoms with Crippen LogP contribution in [0.3, 0.4) is 0 Å². The second kappa shape index (κ2) is 14.1. The first-order valence-electron chi connectivity index (χ1n) is 11.8. The van der Waals surface area contributed by atoms with Crippen molar-refractivity contribution in [3.63, 3.8) is 0 Å². The highest BCUT2D eigenvalue weighted by Gasteiger charge is 2.33. The third-order valence-corrected chi connectivity index (χ3v) is 5.78. The molecule has 0 bridgehead atoms. The Balaban J connectivity index is 0.000000448. The predicted octanol–water partition coefficient (Wildman–Crippen LogP) is 6.12. The van der Waals surface area contributed by atoms with E-state index >= 15 is 0 Å². The van der Waals surface area contributed by atoms with Crippen molar-refractivity contribution in [2.24, 2.45) is 5.73 Å². The topological polar surface area (TPSA) is 202 Å². The van der Waals surface area contributed by atoms with Gasteiger partial charge in [-0.25, -0.2) is 4.79 Å². The lowest BCUT2D eigenvalue weighted by atomic mass is 9.95.